The Morgan fingerprint density at radius 3 is 2.97 bits per heavy atom. The summed E-state index contributed by atoms with van der Waals surface area (Å²) in [5.74, 6) is -1.31. The van der Waals surface area contributed by atoms with Crippen molar-refractivity contribution in [3.63, 3.8) is 0 Å². The molecule has 3 amide bonds. The number of hydrogen-bond acceptors (Lipinski definition) is 5. The number of ether oxygens (including phenoxy) is 2. The van der Waals surface area contributed by atoms with E-state index < -0.39 is 17.4 Å². The van der Waals surface area contributed by atoms with Gasteiger partial charge in [0.15, 0.2) is 0 Å². The fourth-order valence-corrected chi connectivity index (χ4v) is 5.30. The molecule has 2 bridgehead atoms. The van der Waals surface area contributed by atoms with Gasteiger partial charge in [-0.3, -0.25) is 14.4 Å². The Hall–Kier alpha value is -2.71. The lowest BCUT2D eigenvalue weighted by Crippen LogP contribution is -2.41. The van der Waals surface area contributed by atoms with Crippen LogP contribution < -0.4 is 10.2 Å². The Labute approximate surface area is 174 Å². The molecule has 0 radical (unpaired) electrons. The number of methoxy groups -OCH3 is 1. The summed E-state index contributed by atoms with van der Waals surface area (Å²) in [5, 5.41) is 2.98. The van der Waals surface area contributed by atoms with Crippen molar-refractivity contribution >= 4 is 29.1 Å². The van der Waals surface area contributed by atoms with Crippen LogP contribution in [0.25, 0.3) is 0 Å². The molecule has 0 aromatic heterocycles. The zero-order valence-electron chi connectivity index (χ0n) is 17.1. The molecule has 2 saturated heterocycles. The third-order valence-corrected chi connectivity index (χ3v) is 6.67. The first-order chi connectivity index (χ1) is 14.4. The van der Waals surface area contributed by atoms with Crippen molar-refractivity contribution in [1.82, 2.24) is 4.90 Å². The van der Waals surface area contributed by atoms with Gasteiger partial charge in [-0.1, -0.05) is 12.2 Å². The largest absolute Gasteiger partial charge is 0.383 e. The molecule has 0 saturated carbocycles. The fraction of sp³-hybridized carbons (Fsp3) is 0.500. The van der Waals surface area contributed by atoms with Crippen LogP contribution in [-0.2, 0) is 30.3 Å². The highest BCUT2D eigenvalue weighted by Gasteiger charge is 2.66. The third-order valence-electron chi connectivity index (χ3n) is 6.67. The Balaban J connectivity index is 1.34. The van der Waals surface area contributed by atoms with Crippen LogP contribution in [0.15, 0.2) is 30.4 Å². The molecule has 0 unspecified atom stereocenters. The zero-order chi connectivity index (χ0) is 21.0. The van der Waals surface area contributed by atoms with Gasteiger partial charge in [-0.05, 0) is 30.2 Å². The van der Waals surface area contributed by atoms with Crippen molar-refractivity contribution in [3.8, 4) is 0 Å². The van der Waals surface area contributed by atoms with E-state index in [4.69, 9.17) is 9.47 Å². The molecular weight excluding hydrogens is 386 g/mol. The molecular formula is C22H25N3O5. The van der Waals surface area contributed by atoms with Crippen LogP contribution >= 0.6 is 0 Å². The van der Waals surface area contributed by atoms with E-state index in [1.54, 1.807) is 29.9 Å². The second-order valence-corrected chi connectivity index (χ2v) is 8.41. The topological polar surface area (TPSA) is 88.2 Å². The molecule has 4 atom stereocenters. The molecule has 1 aromatic carbocycles. The molecule has 158 valence electrons. The molecule has 2 fully saturated rings. The molecule has 5 rings (SSSR count). The number of anilines is 2. The number of nitrogens with one attached hydrogen (secondary N) is 1. The highest BCUT2D eigenvalue weighted by atomic mass is 16.5. The smallest absolute Gasteiger partial charge is 0.231 e. The molecule has 30 heavy (non-hydrogen) atoms. The molecule has 4 heterocycles. The van der Waals surface area contributed by atoms with E-state index in [1.165, 1.54) is 0 Å². The number of nitrogens with zero attached hydrogens (tertiary/aromatic N) is 2. The summed E-state index contributed by atoms with van der Waals surface area (Å²) in [7, 11) is 1.60. The Morgan fingerprint density at radius 2 is 2.20 bits per heavy atom. The molecule has 8 heteroatoms. The van der Waals surface area contributed by atoms with Crippen molar-refractivity contribution in [2.45, 2.75) is 25.0 Å². The number of benzene rings is 1. The third kappa shape index (κ3) is 2.78. The average Bonchev–Trinajstić information content (AvgIpc) is 3.45. The minimum atomic E-state index is -0.711. The fourth-order valence-electron chi connectivity index (χ4n) is 5.30. The van der Waals surface area contributed by atoms with Crippen LogP contribution in [0.4, 0.5) is 11.4 Å². The van der Waals surface area contributed by atoms with E-state index in [0.717, 1.165) is 17.7 Å². The van der Waals surface area contributed by atoms with Gasteiger partial charge >= 0.3 is 0 Å². The van der Waals surface area contributed by atoms with E-state index >= 15 is 0 Å². The average molecular weight is 411 g/mol. The van der Waals surface area contributed by atoms with E-state index in [9.17, 15) is 14.4 Å². The van der Waals surface area contributed by atoms with Gasteiger partial charge in [-0.15, -0.1) is 0 Å². The van der Waals surface area contributed by atoms with Crippen LogP contribution in [0.2, 0.25) is 0 Å². The summed E-state index contributed by atoms with van der Waals surface area (Å²) in [5.41, 5.74) is 1.89. The number of fused-ring (bicyclic) bond motifs is 2. The van der Waals surface area contributed by atoms with Gasteiger partial charge in [0.2, 0.25) is 17.7 Å². The summed E-state index contributed by atoms with van der Waals surface area (Å²) >= 11 is 0. The lowest BCUT2D eigenvalue weighted by Gasteiger charge is -2.23. The van der Waals surface area contributed by atoms with Crippen molar-refractivity contribution in [2.24, 2.45) is 11.8 Å². The maximum absolute atomic E-state index is 13.2. The Bertz CT molecular complexity index is 960. The highest BCUT2D eigenvalue weighted by Crippen LogP contribution is 2.52. The van der Waals surface area contributed by atoms with Gasteiger partial charge in [0.1, 0.15) is 5.60 Å². The minimum absolute atomic E-state index is 0.0134. The van der Waals surface area contributed by atoms with Crippen LogP contribution in [0, 0.1) is 11.8 Å². The summed E-state index contributed by atoms with van der Waals surface area (Å²) in [6, 6.07) is 5.58. The molecule has 4 aliphatic rings. The molecule has 8 nitrogen and oxygen atoms in total. The van der Waals surface area contributed by atoms with E-state index in [1.807, 2.05) is 24.3 Å². The van der Waals surface area contributed by atoms with E-state index in [-0.39, 0.29) is 23.8 Å². The van der Waals surface area contributed by atoms with Crippen LogP contribution in [-0.4, -0.2) is 67.7 Å². The van der Waals surface area contributed by atoms with Gasteiger partial charge in [0, 0.05) is 38.5 Å². The maximum Gasteiger partial charge on any atom is 0.231 e. The molecule has 0 aliphatic carbocycles. The lowest BCUT2D eigenvalue weighted by atomic mass is 9.76. The summed E-state index contributed by atoms with van der Waals surface area (Å²) in [6.45, 7) is 3.60. The van der Waals surface area contributed by atoms with E-state index in [0.29, 0.717) is 31.9 Å². The van der Waals surface area contributed by atoms with Gasteiger partial charge in [0.05, 0.1) is 31.1 Å². The number of amides is 3. The number of carbonyl (C=O) groups excluding carboxylic acids is 3. The first kappa shape index (κ1) is 19.3. The second-order valence-electron chi connectivity index (χ2n) is 8.41. The van der Waals surface area contributed by atoms with Crippen LogP contribution in [0.3, 0.4) is 0 Å². The van der Waals surface area contributed by atoms with Crippen molar-refractivity contribution < 1.29 is 23.9 Å². The summed E-state index contributed by atoms with van der Waals surface area (Å²) in [4.78, 5) is 41.4. The summed E-state index contributed by atoms with van der Waals surface area (Å²) in [6.07, 6.45) is 4.23. The number of likely N-dealkylation sites (tertiary alicyclic amines) is 1. The zero-order valence-corrected chi connectivity index (χ0v) is 17.1. The van der Waals surface area contributed by atoms with Crippen molar-refractivity contribution in [1.29, 1.82) is 0 Å². The quantitative estimate of drug-likeness (QED) is 0.730. The normalized spacial score (nSPS) is 30.7. The van der Waals surface area contributed by atoms with Crippen LogP contribution in [0.5, 0.6) is 0 Å². The Kier molecular flexibility index (Phi) is 4.44. The summed E-state index contributed by atoms with van der Waals surface area (Å²) < 4.78 is 11.2. The number of carbonyl (C=O) groups is 3. The monoisotopic (exact) mass is 411 g/mol. The van der Waals surface area contributed by atoms with Crippen molar-refractivity contribution in [2.75, 3.05) is 43.6 Å². The maximum atomic E-state index is 13.2. The van der Waals surface area contributed by atoms with Gasteiger partial charge in [0.25, 0.3) is 0 Å². The molecule has 1 N–H and O–H groups in total. The van der Waals surface area contributed by atoms with Gasteiger partial charge in [-0.25, -0.2) is 0 Å². The SMILES string of the molecule is COCCN1C[C@@]23C=C[C@@H](O2)[C@H](C(=O)Nc2ccc4c(c2)CCN4C(C)=O)[C@H]3C1=O. The first-order valence-corrected chi connectivity index (χ1v) is 10.3. The molecule has 4 aliphatic heterocycles. The predicted molar refractivity (Wildman–Crippen MR) is 109 cm³/mol. The first-order valence-electron chi connectivity index (χ1n) is 10.3. The van der Waals surface area contributed by atoms with E-state index in [2.05, 4.69) is 5.32 Å². The molecule has 1 aromatic rings. The molecule has 1 spiro atoms. The minimum Gasteiger partial charge on any atom is -0.383 e. The standard InChI is InChI=1S/C22H25N3O5/c1-13(26)25-8-6-14-11-15(3-4-16(14)25)23-20(27)18-17-5-7-22(30-17)12-24(9-10-29-2)21(28)19(18)22/h3-5,7,11,17-19H,6,8-10,12H2,1-2H3,(H,23,27)/t17-,18+,19+,22-/m1/s1. The van der Waals surface area contributed by atoms with Gasteiger partial charge < -0.3 is 24.6 Å². The van der Waals surface area contributed by atoms with Crippen LogP contribution in [0.1, 0.15) is 12.5 Å². The van der Waals surface area contributed by atoms with Gasteiger partial charge in [-0.2, -0.15) is 0 Å². The second kappa shape index (κ2) is 6.92. The Morgan fingerprint density at radius 1 is 1.37 bits per heavy atom. The number of rotatable bonds is 5. The predicted octanol–water partition coefficient (Wildman–Crippen LogP) is 0.962. The van der Waals surface area contributed by atoms with Crippen molar-refractivity contribution in [3.05, 3.63) is 35.9 Å². The number of hydrogen-bond donors (Lipinski definition) is 1. The lowest BCUT2D eigenvalue weighted by molar-refractivity contribution is -0.136. The highest BCUT2D eigenvalue weighted by molar-refractivity contribution is 6.00.